The van der Waals surface area contributed by atoms with Gasteiger partial charge in [0.2, 0.25) is 0 Å². The Morgan fingerprint density at radius 1 is 1.50 bits per heavy atom. The van der Waals surface area contributed by atoms with Gasteiger partial charge in [-0.15, -0.1) is 0 Å². The van der Waals surface area contributed by atoms with Crippen molar-refractivity contribution in [3.05, 3.63) is 0 Å². The molecule has 2 fully saturated rings. The summed E-state index contributed by atoms with van der Waals surface area (Å²) in [5, 5.41) is 12.5. The molecule has 0 spiro atoms. The van der Waals surface area contributed by atoms with Crippen molar-refractivity contribution in [1.29, 1.82) is 0 Å². The number of aliphatic hydroxyl groups is 1. The molecule has 2 aliphatic rings. The molecule has 0 radical (unpaired) electrons. The van der Waals surface area contributed by atoms with Crippen LogP contribution in [0.25, 0.3) is 0 Å². The van der Waals surface area contributed by atoms with Crippen molar-refractivity contribution in [1.82, 2.24) is 5.32 Å². The van der Waals surface area contributed by atoms with Crippen LogP contribution in [0.1, 0.15) is 32.6 Å². The molecule has 1 saturated carbocycles. The molecule has 1 heterocycles. The summed E-state index contributed by atoms with van der Waals surface area (Å²) in [6, 6.07) is 0.533. The molecule has 0 aromatic rings. The van der Waals surface area contributed by atoms with Crippen molar-refractivity contribution in [3.63, 3.8) is 0 Å². The third-order valence-corrected chi connectivity index (χ3v) is 3.71. The molecule has 3 heteroatoms. The maximum Gasteiger partial charge on any atom is 0.0700 e. The molecule has 14 heavy (non-hydrogen) atoms. The van der Waals surface area contributed by atoms with Gasteiger partial charge < -0.3 is 15.2 Å². The number of rotatable bonds is 5. The second-order valence-corrected chi connectivity index (χ2v) is 4.83. The Kier molecular flexibility index (Phi) is 3.10. The summed E-state index contributed by atoms with van der Waals surface area (Å²) in [4.78, 5) is 0. The molecular weight excluding hydrogens is 178 g/mol. The highest BCUT2D eigenvalue weighted by molar-refractivity contribution is 4.96. The van der Waals surface area contributed by atoms with Gasteiger partial charge in [-0.2, -0.15) is 0 Å². The topological polar surface area (TPSA) is 41.5 Å². The summed E-state index contributed by atoms with van der Waals surface area (Å²) in [5.41, 5.74) is 0.428. The summed E-state index contributed by atoms with van der Waals surface area (Å²) >= 11 is 0. The Hall–Kier alpha value is -0.120. The molecule has 1 aliphatic carbocycles. The summed E-state index contributed by atoms with van der Waals surface area (Å²) < 4.78 is 5.50. The van der Waals surface area contributed by atoms with E-state index in [0.29, 0.717) is 24.2 Å². The van der Waals surface area contributed by atoms with Gasteiger partial charge in [0.1, 0.15) is 0 Å². The van der Waals surface area contributed by atoms with E-state index in [1.165, 1.54) is 12.8 Å². The standard InChI is InChI=1S/C11H21NO2/c1-9-10(2-7-14-9)12-8-11(3-4-11)5-6-13/h9-10,12-13H,2-8H2,1H3. The Balaban J connectivity index is 1.71. The molecule has 2 rings (SSSR count). The molecule has 0 bridgehead atoms. The van der Waals surface area contributed by atoms with Crippen LogP contribution in [0.2, 0.25) is 0 Å². The SMILES string of the molecule is CC1OCCC1NCC1(CCO)CC1. The lowest BCUT2D eigenvalue weighted by molar-refractivity contribution is 0.111. The van der Waals surface area contributed by atoms with Crippen LogP contribution in [0, 0.1) is 5.41 Å². The van der Waals surface area contributed by atoms with Gasteiger partial charge in [-0.3, -0.25) is 0 Å². The summed E-state index contributed by atoms with van der Waals surface area (Å²) in [6.07, 6.45) is 5.02. The number of hydrogen-bond donors (Lipinski definition) is 2. The maximum atomic E-state index is 8.93. The van der Waals surface area contributed by atoms with Crippen LogP contribution in [-0.2, 0) is 4.74 Å². The van der Waals surface area contributed by atoms with E-state index < -0.39 is 0 Å². The van der Waals surface area contributed by atoms with Gasteiger partial charge in [0.25, 0.3) is 0 Å². The maximum absolute atomic E-state index is 8.93. The van der Waals surface area contributed by atoms with E-state index in [-0.39, 0.29) is 0 Å². The minimum Gasteiger partial charge on any atom is -0.396 e. The van der Waals surface area contributed by atoms with Gasteiger partial charge in [0.05, 0.1) is 6.10 Å². The molecule has 1 aliphatic heterocycles. The first kappa shape index (κ1) is 10.4. The highest BCUT2D eigenvalue weighted by Gasteiger charge is 2.42. The van der Waals surface area contributed by atoms with Crippen LogP contribution in [0.5, 0.6) is 0 Å². The number of nitrogens with one attached hydrogen (secondary N) is 1. The quantitative estimate of drug-likeness (QED) is 0.691. The lowest BCUT2D eigenvalue weighted by atomic mass is 10.0. The van der Waals surface area contributed by atoms with E-state index in [9.17, 15) is 0 Å². The highest BCUT2D eigenvalue weighted by atomic mass is 16.5. The third-order valence-electron chi connectivity index (χ3n) is 3.71. The summed E-state index contributed by atoms with van der Waals surface area (Å²) in [7, 11) is 0. The normalized spacial score (nSPS) is 34.7. The number of aliphatic hydroxyl groups excluding tert-OH is 1. The number of ether oxygens (including phenoxy) is 1. The first-order chi connectivity index (χ1) is 6.76. The smallest absolute Gasteiger partial charge is 0.0700 e. The summed E-state index contributed by atoms with van der Waals surface area (Å²) in [5.74, 6) is 0. The minimum absolute atomic E-state index is 0.332. The van der Waals surface area contributed by atoms with Crippen molar-refractivity contribution >= 4 is 0 Å². The van der Waals surface area contributed by atoms with E-state index in [0.717, 1.165) is 26.0 Å². The van der Waals surface area contributed by atoms with Crippen molar-refractivity contribution in [2.24, 2.45) is 5.41 Å². The molecular formula is C11H21NO2. The Bertz CT molecular complexity index is 192. The van der Waals surface area contributed by atoms with Crippen LogP contribution >= 0.6 is 0 Å². The van der Waals surface area contributed by atoms with Crippen LogP contribution < -0.4 is 5.32 Å². The third kappa shape index (κ3) is 2.27. The van der Waals surface area contributed by atoms with Crippen molar-refractivity contribution in [3.8, 4) is 0 Å². The largest absolute Gasteiger partial charge is 0.396 e. The second kappa shape index (κ2) is 4.17. The van der Waals surface area contributed by atoms with E-state index in [1.54, 1.807) is 0 Å². The van der Waals surface area contributed by atoms with Crippen molar-refractivity contribution in [2.75, 3.05) is 19.8 Å². The van der Waals surface area contributed by atoms with Crippen molar-refractivity contribution in [2.45, 2.75) is 44.8 Å². The van der Waals surface area contributed by atoms with Crippen molar-refractivity contribution < 1.29 is 9.84 Å². The fourth-order valence-corrected chi connectivity index (χ4v) is 2.28. The van der Waals surface area contributed by atoms with Crippen LogP contribution in [-0.4, -0.2) is 37.0 Å². The molecule has 82 valence electrons. The monoisotopic (exact) mass is 199 g/mol. The molecule has 2 atom stereocenters. The van der Waals surface area contributed by atoms with E-state index in [1.807, 2.05) is 0 Å². The Morgan fingerprint density at radius 2 is 2.29 bits per heavy atom. The van der Waals surface area contributed by atoms with Gasteiger partial charge in [0.15, 0.2) is 0 Å². The fourth-order valence-electron chi connectivity index (χ4n) is 2.28. The molecule has 3 nitrogen and oxygen atoms in total. The van der Waals surface area contributed by atoms with Crippen LogP contribution in [0.4, 0.5) is 0 Å². The molecule has 0 aromatic carbocycles. The number of hydrogen-bond acceptors (Lipinski definition) is 3. The minimum atomic E-state index is 0.332. The zero-order chi connectivity index (χ0) is 10.0. The first-order valence-corrected chi connectivity index (χ1v) is 5.72. The molecule has 1 saturated heterocycles. The lowest BCUT2D eigenvalue weighted by Crippen LogP contribution is -2.38. The van der Waals surface area contributed by atoms with Gasteiger partial charge in [0, 0.05) is 25.8 Å². The Labute approximate surface area is 85.8 Å². The zero-order valence-corrected chi connectivity index (χ0v) is 8.96. The molecule has 2 unspecified atom stereocenters. The van der Waals surface area contributed by atoms with Gasteiger partial charge in [-0.05, 0) is 38.0 Å². The fraction of sp³-hybridized carbons (Fsp3) is 1.00. The predicted molar refractivity (Wildman–Crippen MR) is 55.2 cm³/mol. The average Bonchev–Trinajstić information content (AvgIpc) is 2.81. The highest BCUT2D eigenvalue weighted by Crippen LogP contribution is 2.48. The second-order valence-electron chi connectivity index (χ2n) is 4.83. The average molecular weight is 199 g/mol. The van der Waals surface area contributed by atoms with E-state index in [2.05, 4.69) is 12.2 Å². The summed E-state index contributed by atoms with van der Waals surface area (Å²) in [6.45, 7) is 4.42. The predicted octanol–water partition coefficient (Wildman–Crippen LogP) is 0.916. The molecule has 0 amide bonds. The van der Waals surface area contributed by atoms with Crippen LogP contribution in [0.3, 0.4) is 0 Å². The molecule has 0 aromatic heterocycles. The van der Waals surface area contributed by atoms with Crippen LogP contribution in [0.15, 0.2) is 0 Å². The lowest BCUT2D eigenvalue weighted by Gasteiger charge is -2.20. The van der Waals surface area contributed by atoms with E-state index in [4.69, 9.17) is 9.84 Å². The van der Waals surface area contributed by atoms with Gasteiger partial charge in [-0.1, -0.05) is 0 Å². The zero-order valence-electron chi connectivity index (χ0n) is 8.96. The van der Waals surface area contributed by atoms with Gasteiger partial charge >= 0.3 is 0 Å². The van der Waals surface area contributed by atoms with E-state index >= 15 is 0 Å². The molecule has 2 N–H and O–H groups in total. The Morgan fingerprint density at radius 3 is 2.79 bits per heavy atom. The first-order valence-electron chi connectivity index (χ1n) is 5.72. The van der Waals surface area contributed by atoms with Gasteiger partial charge in [-0.25, -0.2) is 0 Å².